The van der Waals surface area contributed by atoms with Crippen LogP contribution in [0, 0.1) is 17.8 Å². The van der Waals surface area contributed by atoms with E-state index in [9.17, 15) is 24.3 Å². The van der Waals surface area contributed by atoms with Crippen LogP contribution in [0.5, 0.6) is 5.75 Å². The van der Waals surface area contributed by atoms with E-state index in [4.69, 9.17) is 11.6 Å². The molecule has 2 aromatic rings. The molecule has 0 saturated carbocycles. The first-order valence-electron chi connectivity index (χ1n) is 11.9. The molecule has 1 N–H and O–H groups in total. The summed E-state index contributed by atoms with van der Waals surface area (Å²) in [6.45, 7) is 1.61. The summed E-state index contributed by atoms with van der Waals surface area (Å²) in [5.41, 5.74) is 2.87. The Kier molecular flexibility index (Phi) is 5.12. The number of para-hydroxylation sites is 1. The van der Waals surface area contributed by atoms with E-state index in [1.165, 1.54) is 11.0 Å². The van der Waals surface area contributed by atoms with E-state index in [1.807, 2.05) is 6.08 Å². The van der Waals surface area contributed by atoms with Gasteiger partial charge in [-0.1, -0.05) is 41.4 Å². The van der Waals surface area contributed by atoms with Gasteiger partial charge in [0.1, 0.15) is 5.75 Å². The molecule has 3 aliphatic carbocycles. The first-order chi connectivity index (χ1) is 17.3. The van der Waals surface area contributed by atoms with Crippen LogP contribution in [0.3, 0.4) is 0 Å². The number of fused-ring (bicyclic) bond motifs is 3. The number of allylic oxidation sites excluding steroid dienone is 6. The van der Waals surface area contributed by atoms with Crippen molar-refractivity contribution in [2.75, 3.05) is 4.90 Å². The molecule has 1 aliphatic heterocycles. The van der Waals surface area contributed by atoms with E-state index in [0.717, 1.165) is 5.57 Å². The van der Waals surface area contributed by atoms with Crippen molar-refractivity contribution in [3.05, 3.63) is 93.6 Å². The Bertz CT molecular complexity index is 1460. The van der Waals surface area contributed by atoms with Crippen LogP contribution in [-0.4, -0.2) is 28.5 Å². The molecular weight excluding hydrogens is 478 g/mol. The van der Waals surface area contributed by atoms with Gasteiger partial charge in [-0.3, -0.25) is 24.1 Å². The van der Waals surface area contributed by atoms with E-state index >= 15 is 0 Å². The second kappa shape index (κ2) is 8.14. The molecule has 4 unspecified atom stereocenters. The predicted molar refractivity (Wildman–Crippen MR) is 133 cm³/mol. The molecule has 2 amide bonds. The SMILES string of the molecule is CC1=CC(=O)C2=C(CC3C(=CCC4C(=O)N(c5ccc(Cl)cc5)C(=O)C43)C2c2ccccc2O)C1=O. The van der Waals surface area contributed by atoms with E-state index in [0.29, 0.717) is 39.4 Å². The molecule has 1 fully saturated rings. The summed E-state index contributed by atoms with van der Waals surface area (Å²) in [5, 5.41) is 11.2. The van der Waals surface area contributed by atoms with Crippen molar-refractivity contribution in [3.63, 3.8) is 0 Å². The van der Waals surface area contributed by atoms with Gasteiger partial charge in [-0.2, -0.15) is 0 Å². The van der Waals surface area contributed by atoms with E-state index in [-0.39, 0.29) is 35.6 Å². The third-order valence-corrected chi connectivity index (χ3v) is 8.15. The summed E-state index contributed by atoms with van der Waals surface area (Å²) < 4.78 is 0. The molecular formula is C29H22ClNO5. The Morgan fingerprint density at radius 1 is 0.944 bits per heavy atom. The molecule has 2 aromatic carbocycles. The number of halogens is 1. The number of ketones is 2. The number of phenolic OH excluding ortho intramolecular Hbond substituents is 1. The van der Waals surface area contributed by atoms with Crippen molar-refractivity contribution >= 4 is 40.7 Å². The number of hydrogen-bond acceptors (Lipinski definition) is 5. The van der Waals surface area contributed by atoms with Crippen LogP contribution in [0.15, 0.2) is 83.0 Å². The summed E-state index contributed by atoms with van der Waals surface area (Å²) in [7, 11) is 0. The van der Waals surface area contributed by atoms with Gasteiger partial charge in [-0.15, -0.1) is 0 Å². The fourth-order valence-electron chi connectivity index (χ4n) is 6.31. The monoisotopic (exact) mass is 499 g/mol. The minimum absolute atomic E-state index is 0.0150. The number of hydrogen-bond donors (Lipinski definition) is 1. The lowest BCUT2D eigenvalue weighted by Gasteiger charge is -2.42. The Morgan fingerprint density at radius 2 is 1.67 bits per heavy atom. The average Bonchev–Trinajstić information content (AvgIpc) is 3.12. The standard InChI is InChI=1S/C29H22ClNO5/c1-14-12-23(33)26-21(27(14)34)13-20-17(24(26)18-4-2-3-5-22(18)32)10-11-19-25(20)29(36)31(28(19)35)16-8-6-15(30)7-9-16/h2-10,12,19-20,24-25,32H,11,13H2,1H3. The fraction of sp³-hybridized carbons (Fsp3) is 0.241. The highest BCUT2D eigenvalue weighted by atomic mass is 35.5. The highest BCUT2D eigenvalue weighted by molar-refractivity contribution is 6.31. The first kappa shape index (κ1) is 22.7. The normalized spacial score (nSPS) is 27.4. The minimum Gasteiger partial charge on any atom is -0.508 e. The molecule has 0 radical (unpaired) electrons. The predicted octanol–water partition coefficient (Wildman–Crippen LogP) is 4.68. The molecule has 0 spiro atoms. The van der Waals surface area contributed by atoms with Crippen molar-refractivity contribution in [3.8, 4) is 5.75 Å². The van der Waals surface area contributed by atoms with E-state index in [1.54, 1.807) is 55.5 Å². The van der Waals surface area contributed by atoms with Gasteiger partial charge in [0.25, 0.3) is 0 Å². The molecule has 6 nitrogen and oxygen atoms in total. The lowest BCUT2D eigenvalue weighted by atomic mass is 9.59. The molecule has 0 bridgehead atoms. The summed E-state index contributed by atoms with van der Waals surface area (Å²) in [5.74, 6) is -3.37. The van der Waals surface area contributed by atoms with E-state index in [2.05, 4.69) is 0 Å². The lowest BCUT2D eigenvalue weighted by Crippen LogP contribution is -2.39. The Morgan fingerprint density at radius 3 is 2.39 bits per heavy atom. The number of benzene rings is 2. The van der Waals surface area contributed by atoms with Gasteiger partial charge in [0.2, 0.25) is 11.8 Å². The topological polar surface area (TPSA) is 91.8 Å². The molecule has 4 aliphatic rings. The molecule has 36 heavy (non-hydrogen) atoms. The van der Waals surface area contributed by atoms with Crippen LogP contribution in [0.1, 0.15) is 31.2 Å². The maximum Gasteiger partial charge on any atom is 0.238 e. The van der Waals surface area contributed by atoms with Crippen LogP contribution >= 0.6 is 11.6 Å². The third kappa shape index (κ3) is 3.17. The van der Waals surface area contributed by atoms with Crippen LogP contribution in [0.4, 0.5) is 5.69 Å². The van der Waals surface area contributed by atoms with E-state index < -0.39 is 23.7 Å². The van der Waals surface area contributed by atoms with Gasteiger partial charge in [-0.25, -0.2) is 0 Å². The van der Waals surface area contributed by atoms with Crippen molar-refractivity contribution in [1.29, 1.82) is 0 Å². The van der Waals surface area contributed by atoms with Crippen LogP contribution in [0.25, 0.3) is 0 Å². The number of nitrogens with zero attached hydrogens (tertiary/aromatic N) is 1. The first-order valence-corrected chi connectivity index (χ1v) is 12.3. The highest BCUT2D eigenvalue weighted by Crippen LogP contribution is 2.56. The molecule has 7 heteroatoms. The Balaban J connectivity index is 1.49. The molecule has 1 saturated heterocycles. The number of carbonyl (C=O) groups excluding carboxylic acids is 4. The Labute approximate surface area is 212 Å². The quantitative estimate of drug-likeness (QED) is 0.368. The largest absolute Gasteiger partial charge is 0.508 e. The highest BCUT2D eigenvalue weighted by Gasteiger charge is 2.56. The third-order valence-electron chi connectivity index (χ3n) is 7.89. The van der Waals surface area contributed by atoms with Crippen LogP contribution in [0.2, 0.25) is 5.02 Å². The molecule has 180 valence electrons. The smallest absolute Gasteiger partial charge is 0.238 e. The molecule has 4 atom stereocenters. The zero-order valence-electron chi connectivity index (χ0n) is 19.4. The summed E-state index contributed by atoms with van der Waals surface area (Å²) in [4.78, 5) is 54.9. The number of imide groups is 1. The van der Waals surface area contributed by atoms with Crippen LogP contribution in [-0.2, 0) is 19.2 Å². The summed E-state index contributed by atoms with van der Waals surface area (Å²) in [6.07, 6.45) is 3.84. The average molecular weight is 500 g/mol. The molecule has 6 rings (SSSR count). The van der Waals surface area contributed by atoms with Gasteiger partial charge in [-0.05, 0) is 62.1 Å². The van der Waals surface area contributed by atoms with Gasteiger partial charge >= 0.3 is 0 Å². The van der Waals surface area contributed by atoms with Crippen molar-refractivity contribution < 1.29 is 24.3 Å². The van der Waals surface area contributed by atoms with Crippen molar-refractivity contribution in [1.82, 2.24) is 0 Å². The number of phenols is 1. The molecule has 0 aromatic heterocycles. The number of carbonyl (C=O) groups is 4. The van der Waals surface area contributed by atoms with Crippen LogP contribution < -0.4 is 4.90 Å². The maximum absolute atomic E-state index is 13.8. The zero-order valence-corrected chi connectivity index (χ0v) is 20.2. The number of Topliss-reactive ketones (excluding diaryl/α,β-unsaturated/α-hetero) is 1. The lowest BCUT2D eigenvalue weighted by molar-refractivity contribution is -0.123. The number of aromatic hydroxyl groups is 1. The minimum atomic E-state index is -0.662. The second-order valence-electron chi connectivity index (χ2n) is 9.78. The second-order valence-corrected chi connectivity index (χ2v) is 10.2. The molecule has 1 heterocycles. The zero-order chi connectivity index (χ0) is 25.3. The van der Waals surface area contributed by atoms with Gasteiger partial charge in [0.15, 0.2) is 11.6 Å². The number of anilines is 1. The van der Waals surface area contributed by atoms with Gasteiger partial charge < -0.3 is 5.11 Å². The maximum atomic E-state index is 13.8. The van der Waals surface area contributed by atoms with Crippen molar-refractivity contribution in [2.24, 2.45) is 17.8 Å². The van der Waals surface area contributed by atoms with Gasteiger partial charge in [0, 0.05) is 33.2 Å². The van der Waals surface area contributed by atoms with Gasteiger partial charge in [0.05, 0.1) is 17.5 Å². The summed E-state index contributed by atoms with van der Waals surface area (Å²) >= 11 is 6.01. The van der Waals surface area contributed by atoms with Crippen molar-refractivity contribution in [2.45, 2.75) is 25.7 Å². The number of amides is 2. The fourth-order valence-corrected chi connectivity index (χ4v) is 6.44. The summed E-state index contributed by atoms with van der Waals surface area (Å²) in [6, 6.07) is 13.3. The number of rotatable bonds is 2. The Hall–Kier alpha value is -3.77.